The van der Waals surface area contributed by atoms with Crippen LogP contribution in [0.1, 0.15) is 23.7 Å². The predicted molar refractivity (Wildman–Crippen MR) is 119 cm³/mol. The molecule has 1 aliphatic rings. The summed E-state index contributed by atoms with van der Waals surface area (Å²) in [6.45, 7) is 7.21. The number of rotatable bonds is 5. The Labute approximate surface area is 178 Å². The minimum atomic E-state index is -0.140. The molecule has 8 heteroatoms. The van der Waals surface area contributed by atoms with E-state index in [0.717, 1.165) is 12.0 Å². The fourth-order valence-corrected chi connectivity index (χ4v) is 4.31. The number of hydrogen-bond donors (Lipinski definition) is 1. The Morgan fingerprint density at radius 1 is 1.40 bits per heavy atom. The Balaban J connectivity index is 1.60. The van der Waals surface area contributed by atoms with Gasteiger partial charge in [-0.25, -0.2) is 4.98 Å². The highest BCUT2D eigenvalue weighted by molar-refractivity contribution is 7.17. The van der Waals surface area contributed by atoms with E-state index in [1.807, 2.05) is 24.0 Å². The highest BCUT2D eigenvalue weighted by Gasteiger charge is 2.30. The Morgan fingerprint density at radius 2 is 2.27 bits per heavy atom. The molecule has 1 saturated heterocycles. The summed E-state index contributed by atoms with van der Waals surface area (Å²) in [5, 5.41) is 12.1. The van der Waals surface area contributed by atoms with Crippen LogP contribution in [0.2, 0.25) is 0 Å². The van der Waals surface area contributed by atoms with Crippen molar-refractivity contribution in [2.45, 2.75) is 13.3 Å². The third-order valence-electron chi connectivity index (χ3n) is 5.05. The first kappa shape index (κ1) is 19.9. The van der Waals surface area contributed by atoms with E-state index in [-0.39, 0.29) is 17.7 Å². The molecule has 1 aliphatic heterocycles. The molecule has 3 aromatic heterocycles. The van der Waals surface area contributed by atoms with Crippen LogP contribution >= 0.6 is 11.3 Å². The summed E-state index contributed by atoms with van der Waals surface area (Å²) in [5.41, 5.74) is 2.43. The molecule has 3 aromatic rings. The largest absolute Gasteiger partial charge is 0.492 e. The van der Waals surface area contributed by atoms with Gasteiger partial charge in [0.2, 0.25) is 5.88 Å². The van der Waals surface area contributed by atoms with Gasteiger partial charge in [-0.05, 0) is 37.1 Å². The van der Waals surface area contributed by atoms with E-state index in [1.54, 1.807) is 36.1 Å². The summed E-state index contributed by atoms with van der Waals surface area (Å²) in [5.74, 6) is 0.257. The van der Waals surface area contributed by atoms with Gasteiger partial charge >= 0.3 is 0 Å². The normalized spacial score (nSPS) is 16.8. The number of allylic oxidation sites excluding steroid dienone is 1. The van der Waals surface area contributed by atoms with Crippen molar-refractivity contribution in [3.63, 3.8) is 0 Å². The van der Waals surface area contributed by atoms with Gasteiger partial charge in [-0.2, -0.15) is 4.98 Å². The number of fused-ring (bicyclic) bond motifs is 1. The Morgan fingerprint density at radius 3 is 3.03 bits per heavy atom. The van der Waals surface area contributed by atoms with Crippen LogP contribution in [-0.4, -0.2) is 50.2 Å². The average Bonchev–Trinajstić information content (AvgIpc) is 3.42. The minimum Gasteiger partial charge on any atom is -0.492 e. The summed E-state index contributed by atoms with van der Waals surface area (Å²) in [6, 6.07) is 5.38. The van der Waals surface area contributed by atoms with E-state index >= 15 is 0 Å². The molecule has 30 heavy (non-hydrogen) atoms. The van der Waals surface area contributed by atoms with Crippen molar-refractivity contribution in [2.24, 2.45) is 10.9 Å². The molecule has 152 valence electrons. The summed E-state index contributed by atoms with van der Waals surface area (Å²) in [6.07, 6.45) is 7.82. The van der Waals surface area contributed by atoms with Gasteiger partial charge in [-0.3, -0.25) is 14.8 Å². The third kappa shape index (κ3) is 3.86. The molecular formula is C22H21N5O2S. The molecule has 0 aliphatic carbocycles. The predicted octanol–water partition coefficient (Wildman–Crippen LogP) is 4.08. The number of aliphatic imine (C=N–C) groups is 1. The van der Waals surface area contributed by atoms with Crippen LogP contribution in [0.3, 0.4) is 0 Å². The number of thiophene rings is 1. The van der Waals surface area contributed by atoms with Crippen LogP contribution in [0.15, 0.2) is 59.2 Å². The number of aromatic nitrogens is 3. The number of carbonyl (C=O) groups excluding carboxylic acids is 1. The molecule has 0 bridgehead atoms. The van der Waals surface area contributed by atoms with Crippen LogP contribution in [0.5, 0.6) is 5.88 Å². The topological polar surface area (TPSA) is 91.6 Å². The van der Waals surface area contributed by atoms with E-state index < -0.39 is 0 Å². The maximum atomic E-state index is 13.2. The fourth-order valence-electron chi connectivity index (χ4n) is 3.44. The van der Waals surface area contributed by atoms with Gasteiger partial charge in [0.15, 0.2) is 5.82 Å². The number of carbonyl (C=O) groups is 1. The first-order valence-electron chi connectivity index (χ1n) is 9.60. The molecule has 7 nitrogen and oxygen atoms in total. The van der Waals surface area contributed by atoms with Crippen molar-refractivity contribution in [2.75, 3.05) is 13.1 Å². The van der Waals surface area contributed by atoms with Crippen molar-refractivity contribution in [1.29, 1.82) is 0 Å². The Bertz CT molecular complexity index is 1150. The Kier molecular flexibility index (Phi) is 5.67. The number of amides is 1. The molecule has 1 N–H and O–H groups in total. The minimum absolute atomic E-state index is 0.0998. The molecule has 1 atom stereocenters. The lowest BCUT2D eigenvalue weighted by molar-refractivity contribution is 0.0791. The second kappa shape index (κ2) is 8.54. The van der Waals surface area contributed by atoms with Crippen LogP contribution in [-0.2, 0) is 0 Å². The number of nitrogens with zero attached hydrogens (tertiary/aromatic N) is 5. The number of hydrogen-bond acceptors (Lipinski definition) is 7. The zero-order valence-electron chi connectivity index (χ0n) is 16.5. The second-order valence-corrected chi connectivity index (χ2v) is 7.83. The van der Waals surface area contributed by atoms with Gasteiger partial charge < -0.3 is 10.0 Å². The zero-order valence-corrected chi connectivity index (χ0v) is 17.3. The summed E-state index contributed by atoms with van der Waals surface area (Å²) < 4.78 is 0.499. The molecule has 0 spiro atoms. The average molecular weight is 420 g/mol. The number of aromatic hydroxyl groups is 1. The van der Waals surface area contributed by atoms with Gasteiger partial charge in [-0.1, -0.05) is 12.6 Å². The van der Waals surface area contributed by atoms with Gasteiger partial charge in [0.05, 0.1) is 5.56 Å². The maximum Gasteiger partial charge on any atom is 0.256 e. The maximum absolute atomic E-state index is 13.2. The lowest BCUT2D eigenvalue weighted by atomic mass is 10.00. The SMILES string of the molecule is C=C(/C=C\N=C/C)C1CCN(C(=O)c2csc3c(O)nc(-c4ccccn4)nc23)C1. The molecule has 4 heterocycles. The molecule has 1 amide bonds. The third-order valence-corrected chi connectivity index (χ3v) is 6.01. The van der Waals surface area contributed by atoms with Crippen LogP contribution in [0.4, 0.5) is 0 Å². The summed E-state index contributed by atoms with van der Waals surface area (Å²) in [7, 11) is 0. The molecule has 0 radical (unpaired) electrons. The summed E-state index contributed by atoms with van der Waals surface area (Å²) >= 11 is 1.26. The zero-order chi connectivity index (χ0) is 21.1. The number of pyridine rings is 1. The molecule has 0 saturated carbocycles. The highest BCUT2D eigenvalue weighted by Crippen LogP contribution is 2.34. The monoisotopic (exact) mass is 419 g/mol. The van der Waals surface area contributed by atoms with Gasteiger partial charge in [0.25, 0.3) is 5.91 Å². The Hall–Kier alpha value is -3.39. The van der Waals surface area contributed by atoms with E-state index in [9.17, 15) is 9.90 Å². The lowest BCUT2D eigenvalue weighted by Gasteiger charge is -2.16. The van der Waals surface area contributed by atoms with Crippen molar-refractivity contribution >= 4 is 33.7 Å². The second-order valence-electron chi connectivity index (χ2n) is 6.95. The van der Waals surface area contributed by atoms with Crippen LogP contribution in [0.25, 0.3) is 21.7 Å². The van der Waals surface area contributed by atoms with E-state index in [1.165, 1.54) is 11.3 Å². The van der Waals surface area contributed by atoms with E-state index in [2.05, 4.69) is 26.5 Å². The molecule has 0 aromatic carbocycles. The van der Waals surface area contributed by atoms with Gasteiger partial charge in [0.1, 0.15) is 15.9 Å². The van der Waals surface area contributed by atoms with Crippen molar-refractivity contribution in [1.82, 2.24) is 19.9 Å². The van der Waals surface area contributed by atoms with Crippen LogP contribution < -0.4 is 0 Å². The fraction of sp³-hybridized carbons (Fsp3) is 0.227. The summed E-state index contributed by atoms with van der Waals surface area (Å²) in [4.78, 5) is 32.0. The van der Waals surface area contributed by atoms with E-state index in [4.69, 9.17) is 0 Å². The lowest BCUT2D eigenvalue weighted by Crippen LogP contribution is -2.28. The molecule has 1 fully saturated rings. The smallest absolute Gasteiger partial charge is 0.256 e. The highest BCUT2D eigenvalue weighted by atomic mass is 32.1. The van der Waals surface area contributed by atoms with Gasteiger partial charge in [0, 0.05) is 43.0 Å². The van der Waals surface area contributed by atoms with Gasteiger partial charge in [-0.15, -0.1) is 11.3 Å². The first-order chi connectivity index (χ1) is 14.6. The standard InChI is InChI=1S/C22H21N5O2S/c1-3-23-10-7-14(2)15-8-11-27(12-15)22(29)16-13-30-19-18(16)25-20(26-21(19)28)17-6-4-5-9-24-17/h3-7,9-10,13,15H,2,8,11-12H2,1H3,(H,25,26,28)/b10-7-,23-3-. The van der Waals surface area contributed by atoms with Crippen molar-refractivity contribution in [3.8, 4) is 17.4 Å². The van der Waals surface area contributed by atoms with Crippen LogP contribution in [0, 0.1) is 5.92 Å². The first-order valence-corrected chi connectivity index (χ1v) is 10.5. The van der Waals surface area contributed by atoms with E-state index in [0.29, 0.717) is 40.4 Å². The number of likely N-dealkylation sites (tertiary alicyclic amines) is 1. The molecule has 1 unspecified atom stereocenters. The van der Waals surface area contributed by atoms with Crippen molar-refractivity contribution < 1.29 is 9.90 Å². The van der Waals surface area contributed by atoms with Crippen molar-refractivity contribution in [3.05, 3.63) is 59.8 Å². The molecular weight excluding hydrogens is 398 g/mol. The quantitative estimate of drug-likeness (QED) is 0.497. The molecule has 4 rings (SSSR count).